The summed E-state index contributed by atoms with van der Waals surface area (Å²) in [6.45, 7) is 1.63. The van der Waals surface area contributed by atoms with Gasteiger partial charge in [0, 0.05) is 24.1 Å². The Labute approximate surface area is 259 Å². The first-order valence-electron chi connectivity index (χ1n) is 15.1. The van der Waals surface area contributed by atoms with Gasteiger partial charge in [-0.25, -0.2) is 13.6 Å². The molecule has 2 atom stereocenters. The molecule has 11 heteroatoms. The van der Waals surface area contributed by atoms with Crippen LogP contribution in [0.4, 0.5) is 13.6 Å². The molecular weight excluding hydrogens is 584 g/mol. The Bertz CT molecular complexity index is 1610. The Morgan fingerprint density at radius 2 is 1.58 bits per heavy atom. The second-order valence-electron chi connectivity index (χ2n) is 11.0. The highest BCUT2D eigenvalue weighted by Crippen LogP contribution is 2.29. The topological polar surface area (TPSA) is 144 Å². The van der Waals surface area contributed by atoms with Crippen LogP contribution in [0.1, 0.15) is 73.8 Å². The third-order valence-corrected chi connectivity index (χ3v) is 7.55. The minimum absolute atomic E-state index is 0.0340. The molecule has 0 saturated carbocycles. The van der Waals surface area contributed by atoms with Crippen LogP contribution in [0, 0.1) is 11.6 Å². The number of carbonyl (C=O) groups is 1. The molecule has 0 radical (unpaired) electrons. The van der Waals surface area contributed by atoms with Gasteiger partial charge in [0.25, 0.3) is 0 Å². The number of unbranched alkanes of at least 4 members (excludes halogenated alkanes) is 6. The lowest BCUT2D eigenvalue weighted by Gasteiger charge is -2.19. The highest BCUT2D eigenvalue weighted by Gasteiger charge is 2.19. The van der Waals surface area contributed by atoms with Crippen LogP contribution in [-0.4, -0.2) is 46.1 Å². The van der Waals surface area contributed by atoms with E-state index in [1.807, 2.05) is 0 Å². The number of hydrogen-bond acceptors (Lipinski definition) is 6. The second kappa shape index (κ2) is 16.6. The van der Waals surface area contributed by atoms with E-state index in [1.54, 1.807) is 36.4 Å². The molecule has 9 nitrogen and oxygen atoms in total. The maximum Gasteiger partial charge on any atom is 0.405 e. The number of aliphatic hydroxyl groups excluding tert-OH is 1. The molecule has 0 fully saturated rings. The van der Waals surface area contributed by atoms with Crippen molar-refractivity contribution < 1.29 is 33.6 Å². The van der Waals surface area contributed by atoms with Crippen LogP contribution in [0.15, 0.2) is 71.5 Å². The third kappa shape index (κ3) is 10.0. The van der Waals surface area contributed by atoms with Crippen molar-refractivity contribution in [3.05, 3.63) is 105 Å². The van der Waals surface area contributed by atoms with E-state index in [1.165, 1.54) is 12.1 Å². The Kier molecular flexibility index (Phi) is 12.3. The fourth-order valence-electron chi connectivity index (χ4n) is 5.33. The van der Waals surface area contributed by atoms with Gasteiger partial charge in [-0.1, -0.05) is 50.3 Å². The molecular formula is C34H39F2N3O6. The Morgan fingerprint density at radius 3 is 2.31 bits per heavy atom. The number of ether oxygens (including phenoxy) is 1. The number of phenolic OH excluding ortho intramolecular Hbond substituents is 1. The number of rotatable bonds is 17. The zero-order valence-corrected chi connectivity index (χ0v) is 24.9. The summed E-state index contributed by atoms with van der Waals surface area (Å²) in [6, 6.07) is 14.9. The van der Waals surface area contributed by atoms with E-state index in [9.17, 15) is 33.7 Å². The number of carboxylic acid groups (broad SMARTS) is 1. The number of hydrogen-bond donors (Lipinski definition) is 6. The van der Waals surface area contributed by atoms with Crippen molar-refractivity contribution >= 4 is 17.0 Å². The van der Waals surface area contributed by atoms with Crippen LogP contribution in [0.5, 0.6) is 11.5 Å². The number of halogens is 2. The van der Waals surface area contributed by atoms with Crippen molar-refractivity contribution in [2.75, 3.05) is 19.7 Å². The fourth-order valence-corrected chi connectivity index (χ4v) is 5.33. The molecule has 0 saturated heterocycles. The minimum Gasteiger partial charge on any atom is -0.506 e. The Hall–Kier alpha value is -4.48. The first-order chi connectivity index (χ1) is 21.7. The molecule has 4 rings (SSSR count). The zero-order valence-electron chi connectivity index (χ0n) is 24.9. The first kappa shape index (κ1) is 33.4. The number of aromatic hydroxyl groups is 1. The van der Waals surface area contributed by atoms with E-state index < -0.39 is 29.9 Å². The molecule has 0 aliphatic carbocycles. The Morgan fingerprint density at radius 1 is 0.867 bits per heavy atom. The van der Waals surface area contributed by atoms with Crippen molar-refractivity contribution in [3.8, 4) is 11.5 Å². The number of aliphatic hydroxyl groups is 1. The highest BCUT2D eigenvalue weighted by atomic mass is 19.1. The summed E-state index contributed by atoms with van der Waals surface area (Å²) < 4.78 is 33.4. The maximum atomic E-state index is 13.8. The average molecular weight is 624 g/mol. The quantitative estimate of drug-likeness (QED) is 0.0758. The van der Waals surface area contributed by atoms with Gasteiger partial charge in [-0.3, -0.25) is 4.79 Å². The molecule has 4 aromatic rings. The molecule has 240 valence electrons. The van der Waals surface area contributed by atoms with E-state index in [-0.39, 0.29) is 16.9 Å². The molecule has 6 N–H and O–H groups in total. The van der Waals surface area contributed by atoms with Gasteiger partial charge in [-0.05, 0) is 72.5 Å². The van der Waals surface area contributed by atoms with Crippen molar-refractivity contribution in [3.63, 3.8) is 0 Å². The molecule has 1 heterocycles. The summed E-state index contributed by atoms with van der Waals surface area (Å²) >= 11 is 0. The van der Waals surface area contributed by atoms with Gasteiger partial charge in [0.2, 0.25) is 5.56 Å². The van der Waals surface area contributed by atoms with Gasteiger partial charge in [0.05, 0.1) is 24.3 Å². The maximum absolute atomic E-state index is 13.8. The molecule has 45 heavy (non-hydrogen) atoms. The van der Waals surface area contributed by atoms with Crippen LogP contribution in [0.25, 0.3) is 10.9 Å². The number of fused-ring (bicyclic) bond motifs is 1. The fraction of sp³-hybridized carbons (Fsp3) is 0.353. The highest BCUT2D eigenvalue weighted by molar-refractivity contribution is 5.87. The van der Waals surface area contributed by atoms with Gasteiger partial charge in [-0.2, -0.15) is 0 Å². The molecule has 0 aliphatic heterocycles. The summed E-state index contributed by atoms with van der Waals surface area (Å²) in [4.78, 5) is 25.6. The number of phenols is 1. The first-order valence-corrected chi connectivity index (χ1v) is 15.1. The van der Waals surface area contributed by atoms with E-state index in [0.29, 0.717) is 40.9 Å². The van der Waals surface area contributed by atoms with E-state index in [2.05, 4.69) is 15.6 Å². The molecule has 0 spiro atoms. The van der Waals surface area contributed by atoms with Crippen LogP contribution < -0.4 is 20.9 Å². The summed E-state index contributed by atoms with van der Waals surface area (Å²) in [6.07, 6.45) is 5.09. The van der Waals surface area contributed by atoms with Gasteiger partial charge in [0.1, 0.15) is 23.1 Å². The summed E-state index contributed by atoms with van der Waals surface area (Å²) in [7, 11) is 0. The van der Waals surface area contributed by atoms with E-state index in [0.717, 1.165) is 69.7 Å². The number of aromatic amines is 1. The average Bonchev–Trinajstić information content (AvgIpc) is 3.00. The zero-order chi connectivity index (χ0) is 32.2. The van der Waals surface area contributed by atoms with Crippen LogP contribution >= 0.6 is 0 Å². The number of nitrogens with one attached hydrogen (secondary N) is 3. The number of pyridine rings is 1. The number of amides is 1. The minimum atomic E-state index is -1.31. The van der Waals surface area contributed by atoms with E-state index >= 15 is 0 Å². The van der Waals surface area contributed by atoms with E-state index in [4.69, 9.17) is 4.74 Å². The molecule has 1 amide bonds. The van der Waals surface area contributed by atoms with Crippen LogP contribution in [0.2, 0.25) is 0 Å². The lowest BCUT2D eigenvalue weighted by Crippen LogP contribution is -2.27. The van der Waals surface area contributed by atoms with Crippen molar-refractivity contribution in [2.45, 2.75) is 57.1 Å². The molecule has 0 aliphatic rings. The third-order valence-electron chi connectivity index (χ3n) is 7.55. The van der Waals surface area contributed by atoms with Crippen molar-refractivity contribution in [2.24, 2.45) is 0 Å². The van der Waals surface area contributed by atoms with Crippen LogP contribution in [-0.2, 0) is 0 Å². The Balaban J connectivity index is 1.09. The SMILES string of the molecule is O=C(O)NC(c1cc(F)cc(F)c1)c1cccc(OCCCCCCCCCNC[C@H](O)c2ccc(O)c3[nH]c(=O)ccc23)c1. The predicted molar refractivity (Wildman–Crippen MR) is 168 cm³/mol. The standard InChI is InChI=1S/C34H39F2N3O6/c35-24-17-23(18-25(36)20-24)32(39-34(43)44)22-9-8-10-26(19-22)45-16-7-5-3-1-2-4-6-15-37-21-30(41)27-11-13-29(40)33-28(27)12-14-31(42)38-33/h8-14,17-20,30,32,37,39-41H,1-7,15-16,21H2,(H,38,42)(H,43,44)/t30-,32?/m0/s1. The van der Waals surface area contributed by atoms with Crippen molar-refractivity contribution in [1.29, 1.82) is 0 Å². The van der Waals surface area contributed by atoms with Gasteiger partial charge < -0.3 is 35.7 Å². The molecule has 3 aromatic carbocycles. The lowest BCUT2D eigenvalue weighted by molar-refractivity contribution is 0.176. The second-order valence-corrected chi connectivity index (χ2v) is 11.0. The molecule has 0 bridgehead atoms. The predicted octanol–water partition coefficient (Wildman–Crippen LogP) is 6.30. The largest absolute Gasteiger partial charge is 0.506 e. The van der Waals surface area contributed by atoms with Gasteiger partial charge >= 0.3 is 6.09 Å². The smallest absolute Gasteiger partial charge is 0.405 e. The summed E-state index contributed by atoms with van der Waals surface area (Å²) in [5.41, 5.74) is 1.31. The van der Waals surface area contributed by atoms with Crippen LogP contribution in [0.3, 0.4) is 0 Å². The summed E-state index contributed by atoms with van der Waals surface area (Å²) in [5.74, 6) is -1.06. The molecule has 1 aromatic heterocycles. The monoisotopic (exact) mass is 623 g/mol. The van der Waals surface area contributed by atoms with Crippen molar-refractivity contribution in [1.82, 2.24) is 15.6 Å². The number of H-pyrrole nitrogens is 1. The number of aromatic nitrogens is 1. The summed E-state index contributed by atoms with van der Waals surface area (Å²) in [5, 5.41) is 36.1. The van der Waals surface area contributed by atoms with Gasteiger partial charge in [0.15, 0.2) is 0 Å². The number of benzene rings is 3. The lowest BCUT2D eigenvalue weighted by atomic mass is 9.98. The molecule has 1 unspecified atom stereocenters. The van der Waals surface area contributed by atoms with Gasteiger partial charge in [-0.15, -0.1) is 0 Å². The normalized spacial score (nSPS) is 12.6.